The predicted octanol–water partition coefficient (Wildman–Crippen LogP) is 1.22. The van der Waals surface area contributed by atoms with E-state index in [1.54, 1.807) is 13.0 Å². The van der Waals surface area contributed by atoms with Crippen LogP contribution in [0.4, 0.5) is 5.82 Å². The van der Waals surface area contributed by atoms with Gasteiger partial charge in [-0.3, -0.25) is 4.79 Å². The summed E-state index contributed by atoms with van der Waals surface area (Å²) >= 11 is 0. The molecule has 5 nitrogen and oxygen atoms in total. The van der Waals surface area contributed by atoms with Crippen molar-refractivity contribution < 1.29 is 13.9 Å². The summed E-state index contributed by atoms with van der Waals surface area (Å²) in [5.74, 6) is 0.989. The molecule has 0 bridgehead atoms. The molecule has 1 N–H and O–H groups in total. The van der Waals surface area contributed by atoms with E-state index in [4.69, 9.17) is 4.52 Å². The summed E-state index contributed by atoms with van der Waals surface area (Å²) < 4.78 is 6.73. The van der Waals surface area contributed by atoms with Gasteiger partial charge in [-0.25, -0.2) is 0 Å². The summed E-state index contributed by atoms with van der Waals surface area (Å²) in [6.07, 6.45) is 1.86. The highest BCUT2D eigenvalue weighted by atomic mass is 16.5. The Kier molecular flexibility index (Phi) is 3.18. The summed E-state index contributed by atoms with van der Waals surface area (Å²) in [5.41, 5.74) is 1.03. The van der Waals surface area contributed by atoms with E-state index in [9.17, 15) is 4.79 Å². The third-order valence-electron chi connectivity index (χ3n) is 2.38. The normalized spacial score (nSPS) is 10.2. The minimum Gasteiger partial charge on any atom is -0.360 e. The molecule has 2 rings (SSSR count). The molecule has 2 heterocycles. The third-order valence-corrected chi connectivity index (χ3v) is 2.38. The van der Waals surface area contributed by atoms with Crippen molar-refractivity contribution in [2.24, 2.45) is 0 Å². The highest BCUT2D eigenvalue weighted by Gasteiger charge is 2.13. The number of aryl methyl sites for hydroxylation is 2. The van der Waals surface area contributed by atoms with Gasteiger partial charge >= 0.3 is 0 Å². The number of anilines is 1. The van der Waals surface area contributed by atoms with Gasteiger partial charge in [-0.2, -0.15) is 4.57 Å². The summed E-state index contributed by atoms with van der Waals surface area (Å²) in [7, 11) is 0. The molecule has 0 aromatic carbocycles. The Morgan fingerprint density at radius 1 is 1.47 bits per heavy atom. The van der Waals surface area contributed by atoms with Gasteiger partial charge in [-0.15, -0.1) is 0 Å². The van der Waals surface area contributed by atoms with Gasteiger partial charge in [0.2, 0.25) is 6.54 Å². The topological polar surface area (TPSA) is 59.0 Å². The Balaban J connectivity index is 2.01. The molecule has 0 aliphatic rings. The van der Waals surface area contributed by atoms with Crippen molar-refractivity contribution in [2.75, 3.05) is 5.32 Å². The van der Waals surface area contributed by atoms with Gasteiger partial charge in [-0.1, -0.05) is 11.2 Å². The molecule has 0 unspecified atom stereocenters. The van der Waals surface area contributed by atoms with E-state index >= 15 is 0 Å². The van der Waals surface area contributed by atoms with E-state index in [2.05, 4.69) is 10.5 Å². The maximum Gasteiger partial charge on any atom is 0.291 e. The molecule has 2 aromatic rings. The van der Waals surface area contributed by atoms with Gasteiger partial charge in [0, 0.05) is 25.1 Å². The highest BCUT2D eigenvalue weighted by Crippen LogP contribution is 2.06. The molecule has 0 spiro atoms. The van der Waals surface area contributed by atoms with Crippen molar-refractivity contribution in [3.05, 3.63) is 41.9 Å². The zero-order valence-corrected chi connectivity index (χ0v) is 9.80. The van der Waals surface area contributed by atoms with E-state index in [-0.39, 0.29) is 12.5 Å². The van der Waals surface area contributed by atoms with Crippen LogP contribution >= 0.6 is 0 Å². The van der Waals surface area contributed by atoms with Crippen molar-refractivity contribution in [1.29, 1.82) is 0 Å². The Morgan fingerprint density at radius 2 is 2.29 bits per heavy atom. The Labute approximate surface area is 99.1 Å². The molecule has 0 radical (unpaired) electrons. The lowest BCUT2D eigenvalue weighted by Gasteiger charge is -2.00. The number of hydrogen-bond donors (Lipinski definition) is 1. The van der Waals surface area contributed by atoms with E-state index < -0.39 is 0 Å². The zero-order valence-electron chi connectivity index (χ0n) is 9.80. The molecule has 2 aromatic heterocycles. The maximum absolute atomic E-state index is 11.7. The van der Waals surface area contributed by atoms with Crippen LogP contribution in [-0.2, 0) is 11.3 Å². The second kappa shape index (κ2) is 4.78. The Morgan fingerprint density at radius 3 is 2.94 bits per heavy atom. The quantitative estimate of drug-likeness (QED) is 0.809. The molecule has 0 aliphatic heterocycles. The van der Waals surface area contributed by atoms with Crippen LogP contribution in [0, 0.1) is 13.8 Å². The van der Waals surface area contributed by atoms with Crippen molar-refractivity contribution in [1.82, 2.24) is 5.16 Å². The average Bonchev–Trinajstić information content (AvgIpc) is 2.67. The first-order valence-electron chi connectivity index (χ1n) is 5.33. The summed E-state index contributed by atoms with van der Waals surface area (Å²) in [6.45, 7) is 3.99. The number of nitrogens with one attached hydrogen (secondary N) is 1. The van der Waals surface area contributed by atoms with Crippen LogP contribution in [0.5, 0.6) is 0 Å². The second-order valence-electron chi connectivity index (χ2n) is 3.84. The van der Waals surface area contributed by atoms with Crippen molar-refractivity contribution in [2.45, 2.75) is 20.4 Å². The van der Waals surface area contributed by atoms with Gasteiger partial charge < -0.3 is 9.84 Å². The minimum atomic E-state index is -0.127. The number of carbonyl (C=O) groups excluding carboxylic acids is 1. The molecular formula is C12H14N3O2+. The van der Waals surface area contributed by atoms with Crippen LogP contribution in [0.3, 0.4) is 0 Å². The fraction of sp³-hybridized carbons (Fsp3) is 0.250. The summed E-state index contributed by atoms with van der Waals surface area (Å²) in [5, 5.41) is 6.38. The summed E-state index contributed by atoms with van der Waals surface area (Å²) in [4.78, 5) is 11.7. The van der Waals surface area contributed by atoms with Gasteiger partial charge in [-0.05, 0) is 6.92 Å². The first kappa shape index (κ1) is 11.3. The zero-order chi connectivity index (χ0) is 12.3. The van der Waals surface area contributed by atoms with Crippen LogP contribution < -0.4 is 9.88 Å². The van der Waals surface area contributed by atoms with Gasteiger partial charge in [0.05, 0.1) is 0 Å². The number of nitrogens with zero attached hydrogens (tertiary/aromatic N) is 2. The molecule has 88 valence electrons. The van der Waals surface area contributed by atoms with E-state index in [1.165, 1.54) is 0 Å². The lowest BCUT2D eigenvalue weighted by atomic mass is 10.3. The third kappa shape index (κ3) is 2.90. The van der Waals surface area contributed by atoms with Crippen LogP contribution in [0.15, 0.2) is 35.0 Å². The molecule has 1 amide bonds. The number of rotatable bonds is 3. The predicted molar refractivity (Wildman–Crippen MR) is 61.2 cm³/mol. The molecule has 0 fully saturated rings. The van der Waals surface area contributed by atoms with Crippen molar-refractivity contribution in [3.63, 3.8) is 0 Å². The number of amides is 1. The summed E-state index contributed by atoms with van der Waals surface area (Å²) in [6, 6.07) is 7.46. The van der Waals surface area contributed by atoms with E-state index in [0.29, 0.717) is 11.6 Å². The smallest absolute Gasteiger partial charge is 0.291 e. The molecule has 0 atom stereocenters. The monoisotopic (exact) mass is 232 g/mol. The Bertz CT molecular complexity index is 534. The molecular weight excluding hydrogens is 218 g/mol. The van der Waals surface area contributed by atoms with Crippen LogP contribution in [0.2, 0.25) is 0 Å². The first-order chi connectivity index (χ1) is 8.15. The van der Waals surface area contributed by atoms with E-state index in [1.807, 2.05) is 35.9 Å². The highest BCUT2D eigenvalue weighted by molar-refractivity contribution is 5.88. The first-order valence-corrected chi connectivity index (χ1v) is 5.33. The molecule has 0 saturated carbocycles. The second-order valence-corrected chi connectivity index (χ2v) is 3.84. The maximum atomic E-state index is 11.7. The van der Waals surface area contributed by atoms with Crippen LogP contribution in [0.1, 0.15) is 11.5 Å². The fourth-order valence-electron chi connectivity index (χ4n) is 1.50. The number of hydrogen-bond acceptors (Lipinski definition) is 3. The Hall–Kier alpha value is -2.17. The van der Waals surface area contributed by atoms with Crippen molar-refractivity contribution >= 4 is 11.7 Å². The van der Waals surface area contributed by atoms with Gasteiger partial charge in [0.25, 0.3) is 5.91 Å². The fourth-order valence-corrected chi connectivity index (χ4v) is 1.50. The molecule has 0 aliphatic carbocycles. The van der Waals surface area contributed by atoms with Gasteiger partial charge in [0.15, 0.2) is 17.7 Å². The SMILES string of the molecule is Cc1cc(NC(=O)C[n+]2ccccc2C)no1. The van der Waals surface area contributed by atoms with Crippen molar-refractivity contribution in [3.8, 4) is 0 Å². The lowest BCUT2D eigenvalue weighted by Crippen LogP contribution is -2.42. The average molecular weight is 232 g/mol. The van der Waals surface area contributed by atoms with Crippen LogP contribution in [0.25, 0.3) is 0 Å². The number of carbonyl (C=O) groups is 1. The molecule has 0 saturated heterocycles. The van der Waals surface area contributed by atoms with Gasteiger partial charge in [0.1, 0.15) is 5.76 Å². The standard InChI is InChI=1S/C12H13N3O2/c1-9-5-3-4-6-15(9)8-12(16)13-11-7-10(2)17-14-11/h3-7H,8H2,1-2H3/p+1. The van der Waals surface area contributed by atoms with Crippen LogP contribution in [-0.4, -0.2) is 11.1 Å². The number of aromatic nitrogens is 2. The largest absolute Gasteiger partial charge is 0.360 e. The number of pyridine rings is 1. The minimum absolute atomic E-state index is 0.127. The molecule has 17 heavy (non-hydrogen) atoms. The molecule has 5 heteroatoms. The van der Waals surface area contributed by atoms with E-state index in [0.717, 1.165) is 5.69 Å². The lowest BCUT2D eigenvalue weighted by molar-refractivity contribution is -0.690.